The smallest absolute Gasteiger partial charge is 0.227 e. The Morgan fingerprint density at radius 2 is 2.11 bits per heavy atom. The van der Waals surface area contributed by atoms with E-state index in [2.05, 4.69) is 5.32 Å². The Kier molecular flexibility index (Phi) is 2.55. The van der Waals surface area contributed by atoms with Crippen molar-refractivity contribution in [2.75, 3.05) is 11.9 Å². The number of para-hydroxylation sites is 1. The van der Waals surface area contributed by atoms with E-state index in [0.717, 1.165) is 17.1 Å². The van der Waals surface area contributed by atoms with E-state index in [4.69, 9.17) is 9.15 Å². The van der Waals surface area contributed by atoms with E-state index in [-0.39, 0.29) is 5.91 Å². The van der Waals surface area contributed by atoms with Crippen molar-refractivity contribution in [3.63, 3.8) is 0 Å². The van der Waals surface area contributed by atoms with Gasteiger partial charge in [-0.05, 0) is 31.2 Å². The summed E-state index contributed by atoms with van der Waals surface area (Å²) in [5.41, 5.74) is 1.56. The average molecular weight is 243 g/mol. The lowest BCUT2D eigenvalue weighted by molar-refractivity contribution is -0.116. The van der Waals surface area contributed by atoms with Gasteiger partial charge in [0.15, 0.2) is 5.75 Å². The molecule has 1 aliphatic rings. The van der Waals surface area contributed by atoms with Gasteiger partial charge in [0.05, 0.1) is 24.3 Å². The van der Waals surface area contributed by atoms with Crippen molar-refractivity contribution in [3.8, 4) is 17.1 Å². The summed E-state index contributed by atoms with van der Waals surface area (Å²) in [5, 5.41) is 2.83. The van der Waals surface area contributed by atoms with E-state index in [1.54, 1.807) is 0 Å². The Morgan fingerprint density at radius 3 is 2.89 bits per heavy atom. The van der Waals surface area contributed by atoms with Crippen LogP contribution in [0.15, 0.2) is 34.7 Å². The van der Waals surface area contributed by atoms with Gasteiger partial charge in [-0.2, -0.15) is 0 Å². The summed E-state index contributed by atoms with van der Waals surface area (Å²) in [7, 11) is 0. The van der Waals surface area contributed by atoms with Gasteiger partial charge in [-0.15, -0.1) is 0 Å². The number of carbonyl (C=O) groups excluding carboxylic acids is 1. The maximum Gasteiger partial charge on any atom is 0.227 e. The van der Waals surface area contributed by atoms with E-state index >= 15 is 0 Å². The topological polar surface area (TPSA) is 51.5 Å². The van der Waals surface area contributed by atoms with Gasteiger partial charge >= 0.3 is 0 Å². The summed E-state index contributed by atoms with van der Waals surface area (Å²) >= 11 is 0. The van der Waals surface area contributed by atoms with Crippen molar-refractivity contribution in [3.05, 3.63) is 36.1 Å². The molecule has 0 unspecified atom stereocenters. The summed E-state index contributed by atoms with van der Waals surface area (Å²) in [6.07, 6.45) is 0.366. The van der Waals surface area contributed by atoms with Crippen molar-refractivity contribution in [1.29, 1.82) is 0 Å². The molecule has 1 N–H and O–H groups in total. The molecule has 1 amide bonds. The van der Waals surface area contributed by atoms with Crippen LogP contribution in [0.3, 0.4) is 0 Å². The minimum atomic E-state index is -0.0264. The van der Waals surface area contributed by atoms with Crippen molar-refractivity contribution >= 4 is 11.6 Å². The number of hydrogen-bond acceptors (Lipinski definition) is 3. The van der Waals surface area contributed by atoms with Crippen LogP contribution in [-0.2, 0) is 4.79 Å². The lowest BCUT2D eigenvalue weighted by Crippen LogP contribution is -2.10. The van der Waals surface area contributed by atoms with Gasteiger partial charge in [0.25, 0.3) is 0 Å². The van der Waals surface area contributed by atoms with Crippen LogP contribution >= 0.6 is 0 Å². The quantitative estimate of drug-likeness (QED) is 0.837. The van der Waals surface area contributed by atoms with Gasteiger partial charge in [-0.25, -0.2) is 0 Å². The second-order valence-corrected chi connectivity index (χ2v) is 4.24. The average Bonchev–Trinajstić information content (AvgIpc) is 2.68. The number of benzene rings is 1. The lowest BCUT2D eigenvalue weighted by Gasteiger charge is -2.10. The summed E-state index contributed by atoms with van der Waals surface area (Å²) in [4.78, 5) is 11.5. The predicted octanol–water partition coefficient (Wildman–Crippen LogP) is 2.98. The molecule has 0 aliphatic carbocycles. The third-order valence-electron chi connectivity index (χ3n) is 2.87. The Balaban J connectivity index is 2.11. The zero-order valence-electron chi connectivity index (χ0n) is 10.0. The summed E-state index contributed by atoms with van der Waals surface area (Å²) in [6.45, 7) is 2.28. The second-order valence-electron chi connectivity index (χ2n) is 4.24. The first-order chi connectivity index (χ1) is 8.74. The van der Waals surface area contributed by atoms with Crippen molar-refractivity contribution in [2.45, 2.75) is 13.3 Å². The van der Waals surface area contributed by atoms with Crippen molar-refractivity contribution in [1.82, 2.24) is 0 Å². The summed E-state index contributed by atoms with van der Waals surface area (Å²) < 4.78 is 11.3. The highest BCUT2D eigenvalue weighted by Crippen LogP contribution is 2.38. The molecule has 0 saturated heterocycles. The number of nitrogens with one attached hydrogen (secondary N) is 1. The third-order valence-corrected chi connectivity index (χ3v) is 2.87. The molecule has 0 spiro atoms. The van der Waals surface area contributed by atoms with Gasteiger partial charge in [0.1, 0.15) is 11.5 Å². The molecule has 0 atom stereocenters. The lowest BCUT2D eigenvalue weighted by atomic mass is 10.1. The van der Waals surface area contributed by atoms with Crippen LogP contribution < -0.4 is 10.1 Å². The molecule has 1 aliphatic heterocycles. The zero-order valence-corrected chi connectivity index (χ0v) is 10.0. The normalized spacial score (nSPS) is 14.4. The third kappa shape index (κ3) is 1.86. The number of ether oxygens (including phenoxy) is 1. The fourth-order valence-corrected chi connectivity index (χ4v) is 2.02. The van der Waals surface area contributed by atoms with E-state index in [1.165, 1.54) is 0 Å². The van der Waals surface area contributed by atoms with Crippen LogP contribution in [0.1, 0.15) is 12.2 Å². The Morgan fingerprint density at radius 1 is 1.22 bits per heavy atom. The highest BCUT2D eigenvalue weighted by Gasteiger charge is 2.19. The summed E-state index contributed by atoms with van der Waals surface area (Å²) in [5.74, 6) is 2.25. The first-order valence-electron chi connectivity index (χ1n) is 5.86. The fraction of sp³-hybridized carbons (Fsp3) is 0.214. The van der Waals surface area contributed by atoms with E-state index in [9.17, 15) is 4.79 Å². The van der Waals surface area contributed by atoms with E-state index < -0.39 is 0 Å². The molecule has 0 bridgehead atoms. The number of aryl methyl sites for hydroxylation is 1. The van der Waals surface area contributed by atoms with Crippen LogP contribution in [0, 0.1) is 6.92 Å². The second kappa shape index (κ2) is 4.22. The number of rotatable bonds is 1. The number of hydrogen-bond donors (Lipinski definition) is 1. The van der Waals surface area contributed by atoms with E-state index in [1.807, 2.05) is 37.3 Å². The van der Waals surface area contributed by atoms with Gasteiger partial charge in [0.2, 0.25) is 5.91 Å². The molecule has 1 aromatic heterocycles. The molecule has 0 radical (unpaired) electrons. The predicted molar refractivity (Wildman–Crippen MR) is 67.6 cm³/mol. The molecule has 2 heterocycles. The van der Waals surface area contributed by atoms with Gasteiger partial charge in [0, 0.05) is 0 Å². The number of fused-ring (bicyclic) bond motifs is 1. The van der Waals surface area contributed by atoms with Gasteiger partial charge in [-0.3, -0.25) is 4.79 Å². The molecular formula is C14H13NO3. The van der Waals surface area contributed by atoms with Crippen LogP contribution in [-0.4, -0.2) is 12.5 Å². The summed E-state index contributed by atoms with van der Waals surface area (Å²) in [6, 6.07) is 9.44. The first-order valence-corrected chi connectivity index (χ1v) is 5.86. The molecule has 3 rings (SSSR count). The standard InChI is InChI=1S/C14H13NO3/c1-9-5-6-12(18-9)10-3-2-4-11-14(10)17-8-7-13(16)15-11/h2-6H,7-8H2,1H3,(H,15,16). The van der Waals surface area contributed by atoms with Crippen LogP contribution in [0.2, 0.25) is 0 Å². The number of anilines is 1. The molecule has 1 aromatic carbocycles. The van der Waals surface area contributed by atoms with Crippen LogP contribution in [0.5, 0.6) is 5.75 Å². The maximum absolute atomic E-state index is 11.5. The fourth-order valence-electron chi connectivity index (χ4n) is 2.02. The maximum atomic E-state index is 11.5. The van der Waals surface area contributed by atoms with Gasteiger partial charge in [-0.1, -0.05) is 6.07 Å². The molecule has 0 fully saturated rings. The minimum Gasteiger partial charge on any atom is -0.490 e. The number of amides is 1. The first kappa shape index (κ1) is 10.9. The van der Waals surface area contributed by atoms with Crippen LogP contribution in [0.25, 0.3) is 11.3 Å². The Hall–Kier alpha value is -2.23. The van der Waals surface area contributed by atoms with Crippen molar-refractivity contribution in [2.24, 2.45) is 0 Å². The molecule has 4 heteroatoms. The molecule has 0 saturated carbocycles. The Labute approximate surface area is 105 Å². The zero-order chi connectivity index (χ0) is 12.5. The largest absolute Gasteiger partial charge is 0.490 e. The molecule has 92 valence electrons. The number of furan rings is 1. The van der Waals surface area contributed by atoms with Gasteiger partial charge < -0.3 is 14.5 Å². The highest BCUT2D eigenvalue weighted by atomic mass is 16.5. The Bertz CT molecular complexity index is 601. The minimum absolute atomic E-state index is 0.0264. The molecule has 18 heavy (non-hydrogen) atoms. The monoisotopic (exact) mass is 243 g/mol. The highest BCUT2D eigenvalue weighted by molar-refractivity contribution is 5.95. The molecule has 4 nitrogen and oxygen atoms in total. The van der Waals surface area contributed by atoms with E-state index in [0.29, 0.717) is 24.5 Å². The van der Waals surface area contributed by atoms with Crippen molar-refractivity contribution < 1.29 is 13.9 Å². The van der Waals surface area contributed by atoms with Crippen LogP contribution in [0.4, 0.5) is 5.69 Å². The SMILES string of the molecule is Cc1ccc(-c2cccc3c2OCCC(=O)N3)o1. The number of carbonyl (C=O) groups is 1. The molecular weight excluding hydrogens is 230 g/mol. The molecule has 2 aromatic rings.